The third-order valence-electron chi connectivity index (χ3n) is 3.35. The van der Waals surface area contributed by atoms with E-state index in [-0.39, 0.29) is 12.5 Å². The van der Waals surface area contributed by atoms with Gasteiger partial charge in [0.1, 0.15) is 12.1 Å². The zero-order chi connectivity index (χ0) is 13.8. The Morgan fingerprint density at radius 2 is 2.11 bits per heavy atom. The molecule has 0 aliphatic carbocycles. The molecule has 1 fully saturated rings. The van der Waals surface area contributed by atoms with Crippen molar-refractivity contribution in [2.45, 2.75) is 12.8 Å². The van der Waals surface area contributed by atoms with Gasteiger partial charge in [-0.15, -0.1) is 0 Å². The molecule has 1 saturated heterocycles. The largest absolute Gasteiger partial charge is 0.363 e. The Kier molecular flexibility index (Phi) is 4.14. The van der Waals surface area contributed by atoms with Gasteiger partial charge >= 0.3 is 0 Å². The minimum Gasteiger partial charge on any atom is -0.363 e. The molecule has 0 saturated carbocycles. The Morgan fingerprint density at radius 1 is 1.42 bits per heavy atom. The fourth-order valence-corrected chi connectivity index (χ4v) is 2.26. The minimum absolute atomic E-state index is 0.0128. The second kappa shape index (κ2) is 5.82. The van der Waals surface area contributed by atoms with Crippen LogP contribution in [0, 0.1) is 5.82 Å². The van der Waals surface area contributed by atoms with Crippen LogP contribution in [0.3, 0.4) is 0 Å². The zero-order valence-corrected chi connectivity index (χ0v) is 10.9. The van der Waals surface area contributed by atoms with Gasteiger partial charge in [0.15, 0.2) is 0 Å². The Morgan fingerprint density at radius 3 is 2.68 bits per heavy atom. The van der Waals surface area contributed by atoms with Crippen LogP contribution in [0.2, 0.25) is 0 Å². The second-order valence-corrected chi connectivity index (χ2v) is 4.77. The summed E-state index contributed by atoms with van der Waals surface area (Å²) in [6, 6.07) is 4.25. The highest BCUT2D eigenvalue weighted by Crippen LogP contribution is 2.19. The number of likely N-dealkylation sites (N-methyl/N-ethyl adjacent to an activating group) is 1. The van der Waals surface area contributed by atoms with Crippen LogP contribution >= 0.6 is 0 Å². The lowest BCUT2D eigenvalue weighted by Crippen LogP contribution is -2.37. The Hall–Kier alpha value is -1.91. The number of likely N-dealkylation sites (tertiary alicyclic amines) is 1. The molecule has 0 N–H and O–H groups in total. The number of halogens is 1. The SMILES string of the molecule is CN(CC(=O)N1CCCC1)c1ccc(C=O)cc1F. The summed E-state index contributed by atoms with van der Waals surface area (Å²) in [5.41, 5.74) is 0.624. The summed E-state index contributed by atoms with van der Waals surface area (Å²) >= 11 is 0. The third kappa shape index (κ3) is 3.10. The first-order valence-corrected chi connectivity index (χ1v) is 6.35. The summed E-state index contributed by atoms with van der Waals surface area (Å²) in [5.74, 6) is -0.472. The number of benzene rings is 1. The average molecular weight is 264 g/mol. The molecule has 1 amide bonds. The van der Waals surface area contributed by atoms with Crippen LogP contribution in [0.4, 0.5) is 10.1 Å². The van der Waals surface area contributed by atoms with Crippen molar-refractivity contribution >= 4 is 17.9 Å². The maximum atomic E-state index is 13.8. The standard InChI is InChI=1S/C14H17FN2O2/c1-16(9-14(19)17-6-2-3-7-17)13-5-4-11(10-18)8-12(13)15/h4-5,8,10H,2-3,6-7,9H2,1H3. The van der Waals surface area contributed by atoms with Gasteiger partial charge in [-0.3, -0.25) is 9.59 Å². The maximum absolute atomic E-state index is 13.8. The lowest BCUT2D eigenvalue weighted by molar-refractivity contribution is -0.128. The monoisotopic (exact) mass is 264 g/mol. The van der Waals surface area contributed by atoms with E-state index in [1.807, 2.05) is 0 Å². The topological polar surface area (TPSA) is 40.6 Å². The molecule has 0 spiro atoms. The van der Waals surface area contributed by atoms with Crippen LogP contribution in [0.1, 0.15) is 23.2 Å². The van der Waals surface area contributed by atoms with Crippen molar-refractivity contribution in [3.63, 3.8) is 0 Å². The zero-order valence-electron chi connectivity index (χ0n) is 10.9. The van der Waals surface area contributed by atoms with Crippen molar-refractivity contribution in [3.05, 3.63) is 29.6 Å². The first-order valence-electron chi connectivity index (χ1n) is 6.35. The van der Waals surface area contributed by atoms with E-state index in [9.17, 15) is 14.0 Å². The van der Waals surface area contributed by atoms with Gasteiger partial charge in [-0.05, 0) is 31.0 Å². The predicted molar refractivity (Wildman–Crippen MR) is 70.9 cm³/mol. The highest BCUT2D eigenvalue weighted by molar-refractivity contribution is 5.82. The van der Waals surface area contributed by atoms with Crippen molar-refractivity contribution in [2.75, 3.05) is 31.6 Å². The van der Waals surface area contributed by atoms with E-state index < -0.39 is 5.82 Å². The van der Waals surface area contributed by atoms with Gasteiger partial charge in [-0.25, -0.2) is 4.39 Å². The molecule has 0 bridgehead atoms. The average Bonchev–Trinajstić information content (AvgIpc) is 2.92. The van der Waals surface area contributed by atoms with E-state index in [1.54, 1.807) is 22.9 Å². The number of aldehydes is 1. The first kappa shape index (κ1) is 13.5. The highest BCUT2D eigenvalue weighted by atomic mass is 19.1. The van der Waals surface area contributed by atoms with Crippen molar-refractivity contribution in [3.8, 4) is 0 Å². The number of rotatable bonds is 4. The van der Waals surface area contributed by atoms with E-state index in [0.717, 1.165) is 25.9 Å². The van der Waals surface area contributed by atoms with E-state index in [1.165, 1.54) is 12.1 Å². The summed E-state index contributed by atoms with van der Waals surface area (Å²) in [7, 11) is 1.67. The molecule has 19 heavy (non-hydrogen) atoms. The molecule has 0 radical (unpaired) electrons. The molecule has 5 heteroatoms. The van der Waals surface area contributed by atoms with Crippen molar-refractivity contribution in [1.82, 2.24) is 4.90 Å². The smallest absolute Gasteiger partial charge is 0.242 e. The molecular weight excluding hydrogens is 247 g/mol. The van der Waals surface area contributed by atoms with E-state index in [4.69, 9.17) is 0 Å². The van der Waals surface area contributed by atoms with Crippen LogP contribution in [0.5, 0.6) is 0 Å². The number of amides is 1. The highest BCUT2D eigenvalue weighted by Gasteiger charge is 2.20. The molecule has 0 atom stereocenters. The summed E-state index contributed by atoms with van der Waals surface area (Å²) in [4.78, 5) is 25.9. The summed E-state index contributed by atoms with van der Waals surface area (Å²) < 4.78 is 13.8. The van der Waals surface area contributed by atoms with E-state index in [0.29, 0.717) is 17.5 Å². The lowest BCUT2D eigenvalue weighted by atomic mass is 10.2. The molecule has 1 aromatic carbocycles. The van der Waals surface area contributed by atoms with Crippen LogP contribution in [0.15, 0.2) is 18.2 Å². The third-order valence-corrected chi connectivity index (χ3v) is 3.35. The minimum atomic E-state index is -0.485. The van der Waals surface area contributed by atoms with Gasteiger partial charge in [0.25, 0.3) is 0 Å². The number of carbonyl (C=O) groups excluding carboxylic acids is 2. The van der Waals surface area contributed by atoms with E-state index >= 15 is 0 Å². The molecule has 102 valence electrons. The Labute approximate surface area is 111 Å². The van der Waals surface area contributed by atoms with Crippen molar-refractivity contribution < 1.29 is 14.0 Å². The van der Waals surface area contributed by atoms with Gasteiger partial charge < -0.3 is 9.80 Å². The van der Waals surface area contributed by atoms with Gasteiger partial charge in [0.05, 0.1) is 12.2 Å². The quantitative estimate of drug-likeness (QED) is 0.777. The Bertz CT molecular complexity index is 484. The summed E-state index contributed by atoms with van der Waals surface area (Å²) in [5, 5.41) is 0. The fourth-order valence-electron chi connectivity index (χ4n) is 2.26. The number of nitrogens with zero attached hydrogens (tertiary/aromatic N) is 2. The maximum Gasteiger partial charge on any atom is 0.242 e. The van der Waals surface area contributed by atoms with Gasteiger partial charge in [-0.2, -0.15) is 0 Å². The van der Waals surface area contributed by atoms with Crippen molar-refractivity contribution in [1.29, 1.82) is 0 Å². The van der Waals surface area contributed by atoms with Crippen LogP contribution in [0.25, 0.3) is 0 Å². The van der Waals surface area contributed by atoms with Gasteiger partial charge in [0.2, 0.25) is 5.91 Å². The molecule has 4 nitrogen and oxygen atoms in total. The summed E-state index contributed by atoms with van der Waals surface area (Å²) in [6.07, 6.45) is 2.68. The molecule has 0 aromatic heterocycles. The second-order valence-electron chi connectivity index (χ2n) is 4.77. The molecule has 2 rings (SSSR count). The fraction of sp³-hybridized carbons (Fsp3) is 0.429. The van der Waals surface area contributed by atoms with E-state index in [2.05, 4.69) is 0 Å². The lowest BCUT2D eigenvalue weighted by Gasteiger charge is -2.23. The number of hydrogen-bond donors (Lipinski definition) is 0. The summed E-state index contributed by atoms with van der Waals surface area (Å²) in [6.45, 7) is 1.73. The first-order chi connectivity index (χ1) is 9.11. The van der Waals surface area contributed by atoms with Crippen LogP contribution in [-0.2, 0) is 4.79 Å². The molecule has 1 aliphatic rings. The molecular formula is C14H17FN2O2. The van der Waals surface area contributed by atoms with Crippen LogP contribution < -0.4 is 4.90 Å². The predicted octanol–water partition coefficient (Wildman–Crippen LogP) is 1.70. The Balaban J connectivity index is 2.04. The number of hydrogen-bond acceptors (Lipinski definition) is 3. The van der Waals surface area contributed by atoms with Crippen LogP contribution in [-0.4, -0.2) is 43.8 Å². The molecule has 1 heterocycles. The van der Waals surface area contributed by atoms with Crippen molar-refractivity contribution in [2.24, 2.45) is 0 Å². The molecule has 1 aliphatic heterocycles. The van der Waals surface area contributed by atoms with Gasteiger partial charge in [0, 0.05) is 25.7 Å². The van der Waals surface area contributed by atoms with Gasteiger partial charge in [-0.1, -0.05) is 0 Å². The number of anilines is 1. The molecule has 1 aromatic rings. The number of carbonyl (C=O) groups is 2. The molecule has 0 unspecified atom stereocenters. The normalized spacial score (nSPS) is 14.5.